The molecule has 5 nitrogen and oxygen atoms in total. The van der Waals surface area contributed by atoms with Crippen LogP contribution in [0, 0.1) is 0 Å². The summed E-state index contributed by atoms with van der Waals surface area (Å²) in [6, 6.07) is 7.52. The number of aromatic nitrogens is 2. The molecule has 0 bridgehead atoms. The third-order valence-electron chi connectivity index (χ3n) is 4.81. The number of rotatable bonds is 6. The lowest BCUT2D eigenvalue weighted by atomic mass is 9.97. The average molecular weight is 370 g/mol. The molecule has 26 heavy (non-hydrogen) atoms. The van der Waals surface area contributed by atoms with Crippen LogP contribution in [0.15, 0.2) is 35.4 Å². The summed E-state index contributed by atoms with van der Waals surface area (Å²) < 4.78 is 12.6. The molecular weight excluding hydrogens is 348 g/mol. The summed E-state index contributed by atoms with van der Waals surface area (Å²) in [6.45, 7) is 1.17. The number of methoxy groups -OCH3 is 1. The van der Waals surface area contributed by atoms with E-state index in [9.17, 15) is 4.79 Å². The largest absolute Gasteiger partial charge is 0.497 e. The normalized spacial score (nSPS) is 13.6. The molecule has 2 heterocycles. The van der Waals surface area contributed by atoms with Crippen LogP contribution in [0.25, 0.3) is 10.2 Å². The molecule has 0 N–H and O–H groups in total. The van der Waals surface area contributed by atoms with E-state index in [0.717, 1.165) is 41.0 Å². The zero-order valence-electron chi connectivity index (χ0n) is 14.9. The first-order chi connectivity index (χ1) is 12.8. The Bertz CT molecular complexity index is 960. The molecule has 1 aromatic carbocycles. The number of nitrogens with zero attached hydrogens (tertiary/aromatic N) is 2. The fourth-order valence-corrected chi connectivity index (χ4v) is 4.66. The number of ether oxygens (including phenoxy) is 2. The van der Waals surface area contributed by atoms with Crippen molar-refractivity contribution < 1.29 is 9.47 Å². The molecule has 1 aliphatic rings. The van der Waals surface area contributed by atoms with Crippen LogP contribution in [-0.2, 0) is 19.4 Å². The molecule has 6 heteroatoms. The Balaban J connectivity index is 1.42. The lowest BCUT2D eigenvalue weighted by Crippen LogP contribution is -2.22. The van der Waals surface area contributed by atoms with E-state index in [1.165, 1.54) is 23.3 Å². The van der Waals surface area contributed by atoms with Crippen molar-refractivity contribution in [2.24, 2.45) is 0 Å². The van der Waals surface area contributed by atoms with Crippen LogP contribution in [0.3, 0.4) is 0 Å². The van der Waals surface area contributed by atoms with Gasteiger partial charge in [-0.1, -0.05) is 0 Å². The zero-order chi connectivity index (χ0) is 17.9. The highest BCUT2D eigenvalue weighted by Gasteiger charge is 2.19. The molecule has 0 atom stereocenters. The number of benzene rings is 1. The minimum Gasteiger partial charge on any atom is -0.497 e. The summed E-state index contributed by atoms with van der Waals surface area (Å²) in [7, 11) is 1.64. The van der Waals surface area contributed by atoms with Crippen molar-refractivity contribution in [3.63, 3.8) is 0 Å². The molecule has 0 unspecified atom stereocenters. The van der Waals surface area contributed by atoms with Crippen LogP contribution in [0.4, 0.5) is 0 Å². The molecule has 2 aromatic heterocycles. The third-order valence-corrected chi connectivity index (χ3v) is 6.01. The van der Waals surface area contributed by atoms with Gasteiger partial charge >= 0.3 is 0 Å². The number of hydrogen-bond donors (Lipinski definition) is 0. The number of hydrogen-bond acceptors (Lipinski definition) is 5. The highest BCUT2D eigenvalue weighted by Crippen LogP contribution is 2.33. The Morgan fingerprint density at radius 3 is 2.73 bits per heavy atom. The van der Waals surface area contributed by atoms with Crippen molar-refractivity contribution in [1.29, 1.82) is 0 Å². The number of thiophene rings is 1. The van der Waals surface area contributed by atoms with Crippen LogP contribution in [-0.4, -0.2) is 23.3 Å². The van der Waals surface area contributed by atoms with Gasteiger partial charge in [-0.15, -0.1) is 11.3 Å². The summed E-state index contributed by atoms with van der Waals surface area (Å²) in [5.41, 5.74) is 1.34. The van der Waals surface area contributed by atoms with Gasteiger partial charge in [0.05, 0.1) is 25.4 Å². The summed E-state index contributed by atoms with van der Waals surface area (Å²) in [6.07, 6.45) is 6.92. The summed E-state index contributed by atoms with van der Waals surface area (Å²) >= 11 is 1.69. The van der Waals surface area contributed by atoms with Crippen molar-refractivity contribution >= 4 is 21.6 Å². The van der Waals surface area contributed by atoms with Crippen molar-refractivity contribution in [1.82, 2.24) is 9.55 Å². The van der Waals surface area contributed by atoms with Gasteiger partial charge in [0.15, 0.2) is 0 Å². The molecule has 0 saturated carbocycles. The molecule has 3 aromatic rings. The van der Waals surface area contributed by atoms with E-state index in [1.54, 1.807) is 29.3 Å². The van der Waals surface area contributed by atoms with Gasteiger partial charge < -0.3 is 9.47 Å². The van der Waals surface area contributed by atoms with E-state index in [2.05, 4.69) is 4.98 Å². The number of aryl methyl sites for hydroxylation is 3. The fraction of sp³-hybridized carbons (Fsp3) is 0.400. The molecule has 0 radical (unpaired) electrons. The lowest BCUT2D eigenvalue weighted by Gasteiger charge is -2.11. The van der Waals surface area contributed by atoms with Crippen molar-refractivity contribution in [2.45, 2.75) is 38.6 Å². The molecule has 0 amide bonds. The maximum atomic E-state index is 12.9. The predicted octanol–water partition coefficient (Wildman–Crippen LogP) is 3.81. The van der Waals surface area contributed by atoms with Crippen LogP contribution in [0.1, 0.15) is 29.7 Å². The van der Waals surface area contributed by atoms with Crippen molar-refractivity contribution in [3.05, 3.63) is 51.4 Å². The van der Waals surface area contributed by atoms with Gasteiger partial charge in [-0.05, 0) is 61.9 Å². The standard InChI is InChI=1S/C20H22N2O3S/c1-24-14-7-9-15(10-8-14)25-12-4-11-22-13-21-19-18(20(22)23)16-5-2-3-6-17(16)26-19/h7-10,13H,2-6,11-12H2,1H3. The molecule has 0 fully saturated rings. The van der Waals surface area contributed by atoms with Gasteiger partial charge in [0.25, 0.3) is 5.56 Å². The van der Waals surface area contributed by atoms with Gasteiger partial charge in [0.1, 0.15) is 16.3 Å². The predicted molar refractivity (Wildman–Crippen MR) is 104 cm³/mol. The van der Waals surface area contributed by atoms with Gasteiger partial charge in [-0.25, -0.2) is 4.98 Å². The third kappa shape index (κ3) is 3.33. The molecule has 0 saturated heterocycles. The maximum absolute atomic E-state index is 12.9. The highest BCUT2D eigenvalue weighted by atomic mass is 32.1. The Morgan fingerprint density at radius 1 is 1.15 bits per heavy atom. The number of fused-ring (bicyclic) bond motifs is 3. The van der Waals surface area contributed by atoms with Crippen LogP contribution in [0.5, 0.6) is 11.5 Å². The summed E-state index contributed by atoms with van der Waals surface area (Å²) in [5, 5.41) is 0.850. The molecule has 4 rings (SSSR count). The zero-order valence-corrected chi connectivity index (χ0v) is 15.7. The quantitative estimate of drug-likeness (QED) is 0.619. The first kappa shape index (κ1) is 17.1. The van der Waals surface area contributed by atoms with E-state index in [-0.39, 0.29) is 5.56 Å². The minimum atomic E-state index is 0.0962. The monoisotopic (exact) mass is 370 g/mol. The SMILES string of the molecule is COc1ccc(OCCCn2cnc3sc4c(c3c2=O)CCCC4)cc1. The Kier molecular flexibility index (Phi) is 4.93. The van der Waals surface area contributed by atoms with E-state index in [1.807, 2.05) is 24.3 Å². The topological polar surface area (TPSA) is 53.4 Å². The molecule has 0 aliphatic heterocycles. The van der Waals surface area contributed by atoms with Crippen molar-refractivity contribution in [2.75, 3.05) is 13.7 Å². The second-order valence-corrected chi connectivity index (χ2v) is 7.60. The Morgan fingerprint density at radius 2 is 1.92 bits per heavy atom. The second kappa shape index (κ2) is 7.50. The Labute approximate surface area is 156 Å². The Hall–Kier alpha value is -2.34. The highest BCUT2D eigenvalue weighted by molar-refractivity contribution is 7.18. The molecule has 136 valence electrons. The first-order valence-corrected chi connectivity index (χ1v) is 9.84. The van der Waals surface area contributed by atoms with Crippen LogP contribution < -0.4 is 15.0 Å². The first-order valence-electron chi connectivity index (χ1n) is 9.03. The summed E-state index contributed by atoms with van der Waals surface area (Å²) in [4.78, 5) is 19.7. The molecule has 0 spiro atoms. The minimum absolute atomic E-state index is 0.0962. The van der Waals surface area contributed by atoms with E-state index >= 15 is 0 Å². The average Bonchev–Trinajstić information content (AvgIpc) is 3.06. The van der Waals surface area contributed by atoms with E-state index < -0.39 is 0 Å². The maximum Gasteiger partial charge on any atom is 0.262 e. The van der Waals surface area contributed by atoms with E-state index in [0.29, 0.717) is 13.2 Å². The van der Waals surface area contributed by atoms with Crippen LogP contribution in [0.2, 0.25) is 0 Å². The van der Waals surface area contributed by atoms with E-state index in [4.69, 9.17) is 9.47 Å². The smallest absolute Gasteiger partial charge is 0.262 e. The van der Waals surface area contributed by atoms with Gasteiger partial charge in [0.2, 0.25) is 0 Å². The van der Waals surface area contributed by atoms with Gasteiger partial charge in [-0.2, -0.15) is 0 Å². The molecule has 1 aliphatic carbocycles. The van der Waals surface area contributed by atoms with Gasteiger partial charge in [-0.3, -0.25) is 9.36 Å². The van der Waals surface area contributed by atoms with Gasteiger partial charge in [0, 0.05) is 11.4 Å². The van der Waals surface area contributed by atoms with Crippen LogP contribution >= 0.6 is 11.3 Å². The lowest BCUT2D eigenvalue weighted by molar-refractivity contribution is 0.300. The van der Waals surface area contributed by atoms with Crippen molar-refractivity contribution in [3.8, 4) is 11.5 Å². The molecular formula is C20H22N2O3S. The summed E-state index contributed by atoms with van der Waals surface area (Å²) in [5.74, 6) is 1.61. The second-order valence-electron chi connectivity index (χ2n) is 6.51. The fourth-order valence-electron chi connectivity index (χ4n) is 3.44.